The summed E-state index contributed by atoms with van der Waals surface area (Å²) in [4.78, 5) is 16.3. The molecule has 33 heavy (non-hydrogen) atoms. The van der Waals surface area contributed by atoms with E-state index in [1.54, 1.807) is 7.11 Å². The Bertz CT molecular complexity index is 1020. The van der Waals surface area contributed by atoms with Crippen LogP contribution in [0.4, 0.5) is 5.69 Å². The highest BCUT2D eigenvalue weighted by atomic mass is 35.5. The summed E-state index contributed by atoms with van der Waals surface area (Å²) < 4.78 is 11.6. The van der Waals surface area contributed by atoms with Crippen molar-refractivity contribution in [1.82, 2.24) is 10.3 Å². The summed E-state index contributed by atoms with van der Waals surface area (Å²) >= 11 is 13.1. The Kier molecular flexibility index (Phi) is 8.11. The van der Waals surface area contributed by atoms with Gasteiger partial charge in [0.2, 0.25) is 5.91 Å². The molecule has 1 aliphatic heterocycles. The van der Waals surface area contributed by atoms with Crippen molar-refractivity contribution in [2.75, 3.05) is 38.7 Å². The molecular formula is C24H37Cl2N3O3Si. The first-order valence-corrected chi connectivity index (χ1v) is 15.2. The molecule has 2 atom stereocenters. The van der Waals surface area contributed by atoms with Gasteiger partial charge in [-0.1, -0.05) is 44.0 Å². The van der Waals surface area contributed by atoms with Gasteiger partial charge < -0.3 is 24.8 Å². The Morgan fingerprint density at radius 2 is 1.94 bits per heavy atom. The second kappa shape index (κ2) is 10.2. The Morgan fingerprint density at radius 3 is 2.58 bits per heavy atom. The first kappa shape index (κ1) is 26.4. The van der Waals surface area contributed by atoms with Crippen molar-refractivity contribution in [3.63, 3.8) is 0 Å². The molecule has 2 heterocycles. The van der Waals surface area contributed by atoms with E-state index >= 15 is 0 Å². The van der Waals surface area contributed by atoms with Crippen LogP contribution >= 0.6 is 23.2 Å². The van der Waals surface area contributed by atoms with Gasteiger partial charge in [-0.3, -0.25) is 4.79 Å². The second-order valence-electron chi connectivity index (χ2n) is 10.4. The molecule has 0 saturated carbocycles. The number of anilines is 1. The van der Waals surface area contributed by atoms with Gasteiger partial charge in [-0.15, -0.1) is 0 Å². The lowest BCUT2D eigenvalue weighted by Crippen LogP contribution is -2.41. The average molecular weight is 515 g/mol. The van der Waals surface area contributed by atoms with Gasteiger partial charge in [0.25, 0.3) is 0 Å². The van der Waals surface area contributed by atoms with Gasteiger partial charge in [-0.05, 0) is 43.1 Å². The van der Waals surface area contributed by atoms with Gasteiger partial charge in [0.1, 0.15) is 0 Å². The van der Waals surface area contributed by atoms with Crippen molar-refractivity contribution < 1.29 is 14.0 Å². The molecule has 0 fully saturated rings. The molecule has 0 saturated heterocycles. The maximum atomic E-state index is 12.8. The Labute approximate surface area is 208 Å². The average Bonchev–Trinajstić information content (AvgIpc) is 3.09. The molecule has 6 nitrogen and oxygen atoms in total. The molecule has 0 radical (unpaired) electrons. The molecular weight excluding hydrogens is 477 g/mol. The fraction of sp³-hybridized carbons (Fsp3) is 0.625. The highest BCUT2D eigenvalue weighted by Crippen LogP contribution is 2.44. The maximum Gasteiger partial charge on any atom is 0.227 e. The van der Waals surface area contributed by atoms with Crippen molar-refractivity contribution in [2.24, 2.45) is 0 Å². The van der Waals surface area contributed by atoms with Crippen LogP contribution in [0.2, 0.25) is 28.2 Å². The van der Waals surface area contributed by atoms with Crippen LogP contribution in [-0.2, 0) is 14.0 Å². The van der Waals surface area contributed by atoms with Crippen LogP contribution in [0.3, 0.4) is 0 Å². The number of carbonyl (C=O) groups is 1. The minimum atomic E-state index is -1.83. The summed E-state index contributed by atoms with van der Waals surface area (Å²) in [7, 11) is -0.145. The number of H-pyrrole nitrogens is 1. The number of nitrogens with one attached hydrogen (secondary N) is 3. The van der Waals surface area contributed by atoms with E-state index in [-0.39, 0.29) is 22.8 Å². The SMILES string of the molecule is COCC[C@H]1CNC(=O)[C@@H](C)c2c1[nH]c1c(Cl)c(Cl)cc(NCCO[Si](C)(C)C(C)(C)C)c21. The van der Waals surface area contributed by atoms with Crippen LogP contribution in [0, 0.1) is 0 Å². The Balaban J connectivity index is 1.98. The highest BCUT2D eigenvalue weighted by Gasteiger charge is 2.37. The van der Waals surface area contributed by atoms with E-state index in [1.165, 1.54) is 0 Å². The van der Waals surface area contributed by atoms with E-state index < -0.39 is 8.32 Å². The van der Waals surface area contributed by atoms with Gasteiger partial charge in [0.05, 0.1) is 28.1 Å². The predicted molar refractivity (Wildman–Crippen MR) is 141 cm³/mol. The molecule has 9 heteroatoms. The third kappa shape index (κ3) is 5.38. The largest absolute Gasteiger partial charge is 0.415 e. The quantitative estimate of drug-likeness (QED) is 0.287. The van der Waals surface area contributed by atoms with Crippen LogP contribution in [0.15, 0.2) is 6.07 Å². The molecule has 0 unspecified atom stereocenters. The van der Waals surface area contributed by atoms with E-state index in [2.05, 4.69) is 49.5 Å². The van der Waals surface area contributed by atoms with Crippen molar-refractivity contribution in [1.29, 1.82) is 0 Å². The molecule has 0 spiro atoms. The predicted octanol–water partition coefficient (Wildman–Crippen LogP) is 6.26. The van der Waals surface area contributed by atoms with Crippen LogP contribution < -0.4 is 10.6 Å². The number of ether oxygens (including phenoxy) is 1. The van der Waals surface area contributed by atoms with Gasteiger partial charge in [0.15, 0.2) is 8.32 Å². The number of fused-ring (bicyclic) bond motifs is 3. The van der Waals surface area contributed by atoms with E-state index in [0.29, 0.717) is 36.3 Å². The monoisotopic (exact) mass is 513 g/mol. The third-order valence-electron chi connectivity index (χ3n) is 7.15. The van der Waals surface area contributed by atoms with Crippen molar-refractivity contribution in [2.45, 2.75) is 64.1 Å². The lowest BCUT2D eigenvalue weighted by molar-refractivity contribution is -0.122. The molecule has 1 aliphatic rings. The zero-order valence-corrected chi connectivity index (χ0v) is 23.3. The van der Waals surface area contributed by atoms with Gasteiger partial charge in [-0.2, -0.15) is 0 Å². The van der Waals surface area contributed by atoms with Crippen LogP contribution in [-0.4, -0.2) is 52.6 Å². The summed E-state index contributed by atoms with van der Waals surface area (Å²) in [5.74, 6) is -0.205. The number of aromatic amines is 1. The highest BCUT2D eigenvalue weighted by molar-refractivity contribution is 6.74. The van der Waals surface area contributed by atoms with Crippen molar-refractivity contribution >= 4 is 54.0 Å². The molecule has 1 aromatic heterocycles. The Hall–Kier alpha value is -1.25. The zero-order valence-electron chi connectivity index (χ0n) is 20.7. The standard InChI is InChI=1S/C24H37Cl2N3O3Si/c1-14-18-19-17(27-9-11-32-33(6,7)24(2,3)4)12-16(25)20(26)22(19)29-21(18)15(8-10-31-5)13-28-23(14)30/h12,14-15,27,29H,8-11,13H2,1-7H3,(H,28,30)/t14-,15-/m0/s1. The first-order valence-electron chi connectivity index (χ1n) is 11.6. The Morgan fingerprint density at radius 1 is 1.24 bits per heavy atom. The van der Waals surface area contributed by atoms with Gasteiger partial charge >= 0.3 is 0 Å². The first-order chi connectivity index (χ1) is 15.4. The number of amides is 1. The van der Waals surface area contributed by atoms with E-state index in [9.17, 15) is 4.79 Å². The number of carbonyl (C=O) groups excluding carboxylic acids is 1. The minimum absolute atomic E-state index is 0.00958. The number of benzene rings is 1. The normalized spacial score (nSPS) is 19.4. The summed E-state index contributed by atoms with van der Waals surface area (Å²) in [6, 6.07) is 1.85. The molecule has 0 aliphatic carbocycles. The summed E-state index contributed by atoms with van der Waals surface area (Å²) in [6.07, 6.45) is 0.789. The zero-order chi connectivity index (χ0) is 24.6. The fourth-order valence-corrected chi connectivity index (χ4v) is 5.54. The second-order valence-corrected chi connectivity index (χ2v) is 16.0. The number of hydrogen-bond donors (Lipinski definition) is 3. The number of methoxy groups -OCH3 is 1. The third-order valence-corrected chi connectivity index (χ3v) is 12.5. The molecule has 1 amide bonds. The minimum Gasteiger partial charge on any atom is -0.415 e. The van der Waals surface area contributed by atoms with E-state index in [1.807, 2.05) is 13.0 Å². The number of aromatic nitrogens is 1. The van der Waals surface area contributed by atoms with Crippen molar-refractivity contribution in [3.8, 4) is 0 Å². The summed E-state index contributed by atoms with van der Waals surface area (Å²) in [5, 5.41) is 8.61. The lowest BCUT2D eigenvalue weighted by atomic mass is 9.91. The summed E-state index contributed by atoms with van der Waals surface area (Å²) in [6.45, 7) is 15.5. The van der Waals surface area contributed by atoms with Crippen LogP contribution in [0.5, 0.6) is 0 Å². The van der Waals surface area contributed by atoms with E-state index in [0.717, 1.165) is 34.3 Å². The molecule has 3 N–H and O–H groups in total. The number of rotatable bonds is 8. The lowest BCUT2D eigenvalue weighted by Gasteiger charge is -2.36. The van der Waals surface area contributed by atoms with Crippen LogP contribution in [0.1, 0.15) is 57.2 Å². The van der Waals surface area contributed by atoms with Gasteiger partial charge in [-0.25, -0.2) is 0 Å². The maximum absolute atomic E-state index is 12.8. The number of hydrogen-bond acceptors (Lipinski definition) is 4. The molecule has 2 aromatic rings. The van der Waals surface area contributed by atoms with Gasteiger partial charge in [0, 0.05) is 49.5 Å². The summed E-state index contributed by atoms with van der Waals surface area (Å²) in [5.41, 5.74) is 3.64. The molecule has 1 aromatic carbocycles. The molecule has 0 bridgehead atoms. The molecule has 3 rings (SSSR count). The molecule has 184 valence electrons. The van der Waals surface area contributed by atoms with Crippen molar-refractivity contribution in [3.05, 3.63) is 27.4 Å². The van der Waals surface area contributed by atoms with Crippen LogP contribution in [0.25, 0.3) is 10.9 Å². The van der Waals surface area contributed by atoms with E-state index in [4.69, 9.17) is 32.4 Å². The topological polar surface area (TPSA) is 75.4 Å². The smallest absolute Gasteiger partial charge is 0.227 e. The number of halogens is 2. The fourth-order valence-electron chi connectivity index (χ4n) is 4.10.